The van der Waals surface area contributed by atoms with Gasteiger partial charge < -0.3 is 10.4 Å². The zero-order chi connectivity index (χ0) is 15.7. The summed E-state index contributed by atoms with van der Waals surface area (Å²) in [5.41, 5.74) is -0.0580. The highest BCUT2D eigenvalue weighted by Gasteiger charge is 2.46. The van der Waals surface area contributed by atoms with Crippen LogP contribution in [0.25, 0.3) is 0 Å². The van der Waals surface area contributed by atoms with Crippen LogP contribution in [-0.4, -0.2) is 22.8 Å². The van der Waals surface area contributed by atoms with Crippen molar-refractivity contribution in [1.29, 1.82) is 0 Å². The molecule has 6 heteroatoms. The molecule has 3 nitrogen and oxygen atoms in total. The standard InChI is InChI=1S/C15H18F3NO2/c1-10-6-2-3-7-11(10)12(14(21)8-4-5-9-14)19-13(20)15(16,17)18/h2-3,6-7,12,21H,4-5,8-9H2,1H3,(H,19,20). The summed E-state index contributed by atoms with van der Waals surface area (Å²) < 4.78 is 37.6. The van der Waals surface area contributed by atoms with Crippen LogP contribution < -0.4 is 5.32 Å². The first kappa shape index (κ1) is 15.8. The lowest BCUT2D eigenvalue weighted by atomic mass is 9.85. The van der Waals surface area contributed by atoms with Crippen molar-refractivity contribution in [1.82, 2.24) is 5.32 Å². The summed E-state index contributed by atoms with van der Waals surface area (Å²) in [6.07, 6.45) is -2.73. The SMILES string of the molecule is Cc1ccccc1C(NC(=O)C(F)(F)F)C1(O)CCCC1. The minimum absolute atomic E-state index is 0.379. The van der Waals surface area contributed by atoms with E-state index in [0.29, 0.717) is 18.4 Å². The van der Waals surface area contributed by atoms with Crippen LogP contribution in [0, 0.1) is 6.92 Å². The molecule has 0 aliphatic heterocycles. The van der Waals surface area contributed by atoms with E-state index in [2.05, 4.69) is 0 Å². The molecule has 0 spiro atoms. The van der Waals surface area contributed by atoms with Crippen LogP contribution in [0.15, 0.2) is 24.3 Å². The molecule has 2 N–H and O–H groups in total. The lowest BCUT2D eigenvalue weighted by Crippen LogP contribution is -2.48. The van der Waals surface area contributed by atoms with Gasteiger partial charge in [0.25, 0.3) is 0 Å². The van der Waals surface area contributed by atoms with Crippen LogP contribution >= 0.6 is 0 Å². The van der Waals surface area contributed by atoms with Crippen molar-refractivity contribution in [2.45, 2.75) is 50.4 Å². The quantitative estimate of drug-likeness (QED) is 0.901. The normalized spacial score (nSPS) is 19.3. The second kappa shape index (κ2) is 5.67. The Kier molecular flexibility index (Phi) is 4.27. The number of hydrogen-bond donors (Lipinski definition) is 2. The number of carbonyl (C=O) groups is 1. The molecule has 1 aliphatic carbocycles. The molecule has 1 atom stereocenters. The van der Waals surface area contributed by atoms with Gasteiger partial charge in [0.2, 0.25) is 0 Å². The van der Waals surface area contributed by atoms with Gasteiger partial charge in [-0.2, -0.15) is 13.2 Å². The van der Waals surface area contributed by atoms with Gasteiger partial charge in [-0.25, -0.2) is 0 Å². The van der Waals surface area contributed by atoms with Gasteiger partial charge in [0.15, 0.2) is 0 Å². The Hall–Kier alpha value is -1.56. The number of carbonyl (C=O) groups excluding carboxylic acids is 1. The van der Waals surface area contributed by atoms with Gasteiger partial charge in [-0.3, -0.25) is 4.79 Å². The van der Waals surface area contributed by atoms with Crippen LogP contribution in [0.4, 0.5) is 13.2 Å². The molecule has 0 saturated heterocycles. The Morgan fingerprint density at radius 1 is 1.29 bits per heavy atom. The van der Waals surface area contributed by atoms with Crippen LogP contribution in [0.1, 0.15) is 42.9 Å². The van der Waals surface area contributed by atoms with E-state index in [0.717, 1.165) is 18.4 Å². The fraction of sp³-hybridized carbons (Fsp3) is 0.533. The Labute approximate surface area is 121 Å². The summed E-state index contributed by atoms with van der Waals surface area (Å²) in [7, 11) is 0. The zero-order valence-corrected chi connectivity index (χ0v) is 11.7. The van der Waals surface area contributed by atoms with Gasteiger partial charge >= 0.3 is 12.1 Å². The maximum atomic E-state index is 12.5. The summed E-state index contributed by atoms with van der Waals surface area (Å²) in [5.74, 6) is -2.02. The lowest BCUT2D eigenvalue weighted by molar-refractivity contribution is -0.176. The number of halogens is 3. The third-order valence-electron chi connectivity index (χ3n) is 4.04. The number of amides is 1. The smallest absolute Gasteiger partial charge is 0.387 e. The summed E-state index contributed by atoms with van der Waals surface area (Å²) in [6, 6.07) is 5.80. The van der Waals surface area contributed by atoms with Crippen LogP contribution in [0.3, 0.4) is 0 Å². The van der Waals surface area contributed by atoms with Crippen molar-refractivity contribution in [3.05, 3.63) is 35.4 Å². The molecule has 1 aromatic carbocycles. The summed E-state index contributed by atoms with van der Waals surface area (Å²) >= 11 is 0. The second-order valence-electron chi connectivity index (χ2n) is 5.57. The van der Waals surface area contributed by atoms with Crippen LogP contribution in [0.2, 0.25) is 0 Å². The van der Waals surface area contributed by atoms with Crippen LogP contribution in [0.5, 0.6) is 0 Å². The molecule has 21 heavy (non-hydrogen) atoms. The summed E-state index contributed by atoms with van der Waals surface area (Å²) in [4.78, 5) is 11.3. The third kappa shape index (κ3) is 3.37. The molecular formula is C15H18F3NO2. The second-order valence-corrected chi connectivity index (χ2v) is 5.57. The predicted molar refractivity (Wildman–Crippen MR) is 71.5 cm³/mol. The number of alkyl halides is 3. The number of aryl methyl sites for hydroxylation is 1. The van der Waals surface area contributed by atoms with Crippen molar-refractivity contribution in [2.75, 3.05) is 0 Å². The Morgan fingerprint density at radius 3 is 2.38 bits per heavy atom. The van der Waals surface area contributed by atoms with Crippen molar-refractivity contribution in [3.8, 4) is 0 Å². The number of hydrogen-bond acceptors (Lipinski definition) is 2. The molecule has 116 valence electrons. The van der Waals surface area contributed by atoms with Crippen molar-refractivity contribution in [3.63, 3.8) is 0 Å². The average Bonchev–Trinajstić information content (AvgIpc) is 2.83. The van der Waals surface area contributed by atoms with Crippen molar-refractivity contribution < 1.29 is 23.1 Å². The molecule has 1 aromatic rings. The zero-order valence-electron chi connectivity index (χ0n) is 11.7. The van der Waals surface area contributed by atoms with Gasteiger partial charge in [-0.05, 0) is 30.9 Å². The minimum Gasteiger partial charge on any atom is -0.387 e. The number of nitrogens with one attached hydrogen (secondary N) is 1. The van der Waals surface area contributed by atoms with E-state index >= 15 is 0 Å². The van der Waals surface area contributed by atoms with Crippen molar-refractivity contribution >= 4 is 5.91 Å². The van der Waals surface area contributed by atoms with Gasteiger partial charge in [0.1, 0.15) is 0 Å². The molecule has 0 radical (unpaired) electrons. The molecule has 0 heterocycles. The molecule has 1 saturated carbocycles. The highest BCUT2D eigenvalue weighted by molar-refractivity contribution is 5.82. The summed E-state index contributed by atoms with van der Waals surface area (Å²) in [5, 5.41) is 12.6. The summed E-state index contributed by atoms with van der Waals surface area (Å²) in [6.45, 7) is 1.75. The van der Waals surface area contributed by atoms with E-state index in [1.165, 1.54) is 0 Å². The van der Waals surface area contributed by atoms with Gasteiger partial charge in [-0.15, -0.1) is 0 Å². The maximum absolute atomic E-state index is 12.5. The minimum atomic E-state index is -4.96. The highest BCUT2D eigenvalue weighted by atomic mass is 19.4. The molecule has 0 bridgehead atoms. The highest BCUT2D eigenvalue weighted by Crippen LogP contribution is 2.41. The van der Waals surface area contributed by atoms with Crippen LogP contribution in [-0.2, 0) is 4.79 Å². The maximum Gasteiger partial charge on any atom is 0.471 e. The molecule has 1 aliphatic rings. The van der Waals surface area contributed by atoms with E-state index in [-0.39, 0.29) is 0 Å². The molecule has 1 amide bonds. The predicted octanol–water partition coefficient (Wildman–Crippen LogP) is 3.02. The van der Waals surface area contributed by atoms with E-state index in [9.17, 15) is 23.1 Å². The number of benzene rings is 1. The first-order chi connectivity index (χ1) is 9.74. The van der Waals surface area contributed by atoms with Gasteiger partial charge in [-0.1, -0.05) is 37.1 Å². The van der Waals surface area contributed by atoms with Gasteiger partial charge in [0.05, 0.1) is 11.6 Å². The average molecular weight is 301 g/mol. The van der Waals surface area contributed by atoms with E-state index < -0.39 is 23.7 Å². The molecule has 2 rings (SSSR count). The van der Waals surface area contributed by atoms with Crippen molar-refractivity contribution in [2.24, 2.45) is 0 Å². The fourth-order valence-corrected chi connectivity index (χ4v) is 2.90. The monoisotopic (exact) mass is 301 g/mol. The van der Waals surface area contributed by atoms with E-state index in [1.54, 1.807) is 31.2 Å². The molecule has 1 fully saturated rings. The molecule has 1 unspecified atom stereocenters. The van der Waals surface area contributed by atoms with E-state index in [4.69, 9.17) is 0 Å². The Morgan fingerprint density at radius 2 is 1.86 bits per heavy atom. The third-order valence-corrected chi connectivity index (χ3v) is 4.04. The first-order valence-electron chi connectivity index (χ1n) is 6.90. The topological polar surface area (TPSA) is 49.3 Å². The number of rotatable bonds is 3. The van der Waals surface area contributed by atoms with E-state index in [1.807, 2.05) is 5.32 Å². The lowest BCUT2D eigenvalue weighted by Gasteiger charge is -2.34. The molecular weight excluding hydrogens is 283 g/mol. The number of aliphatic hydroxyl groups is 1. The Bertz CT molecular complexity index is 522. The van der Waals surface area contributed by atoms with Gasteiger partial charge in [0, 0.05) is 0 Å². The molecule has 0 aromatic heterocycles. The largest absolute Gasteiger partial charge is 0.471 e. The first-order valence-corrected chi connectivity index (χ1v) is 6.90. The Balaban J connectivity index is 2.36. The fourth-order valence-electron chi connectivity index (χ4n) is 2.90.